The van der Waals surface area contributed by atoms with E-state index in [-0.39, 0.29) is 5.41 Å². The van der Waals surface area contributed by atoms with E-state index in [0.29, 0.717) is 0 Å². The third kappa shape index (κ3) is 15.7. The average molecular weight is 1880 g/mol. The summed E-state index contributed by atoms with van der Waals surface area (Å²) in [4.78, 5) is 0. The van der Waals surface area contributed by atoms with Crippen LogP contribution in [0.2, 0.25) is 0 Å². The van der Waals surface area contributed by atoms with Crippen molar-refractivity contribution in [2.45, 2.75) is 53.1 Å². The van der Waals surface area contributed by atoms with Crippen LogP contribution in [0, 0.1) is 20.8 Å². The van der Waals surface area contributed by atoms with Crippen molar-refractivity contribution in [1.82, 2.24) is 13.7 Å². The maximum absolute atomic E-state index is 13.2. The molecule has 0 spiro atoms. The summed E-state index contributed by atoms with van der Waals surface area (Å²) >= 11 is 0. The monoisotopic (exact) mass is 1880 g/mol. The van der Waals surface area contributed by atoms with Gasteiger partial charge in [0, 0.05) is 49.4 Å². The third-order valence-electron chi connectivity index (χ3n) is 29.8. The third-order valence-corrected chi connectivity index (χ3v) is 29.8. The second-order valence-corrected chi connectivity index (χ2v) is 39.7. The molecule has 146 heavy (non-hydrogen) atoms. The number of fused-ring (bicyclic) bond motifs is 15. The van der Waals surface area contributed by atoms with Gasteiger partial charge in [-0.1, -0.05) is 421 Å². The van der Waals surface area contributed by atoms with E-state index in [1.165, 1.54) is 214 Å². The summed E-state index contributed by atoms with van der Waals surface area (Å²) in [6.07, 6.45) is -4.36. The van der Waals surface area contributed by atoms with Gasteiger partial charge in [-0.25, -0.2) is 0 Å². The Morgan fingerprint density at radius 1 is 0.158 bits per heavy atom. The first-order chi connectivity index (χ1) is 71.5. The standard InChI is InChI=1S/C48H37N.C47H35N.C45H28F3N/c1-48(2,3)36-26-21-32(22-27-36)35-25-30-45-43(31-35)38-15-11-12-20-44(38)49(45)37-28-23-34(24-29-37)47-41-18-9-7-16-39(41)46(33-13-5-4-6-14-33)40-17-8-10-19-42(40)47;1-30-27-31(2)45(32(3)28-30)35-23-26-44-42(29-35)37-15-11-12-20-43(37)48(44)36-24-21-34(22-25-36)47-40-18-9-7-16-38(40)46(33-13-5-4-6-14-33)39-17-8-10-19-41(39)47;46-45(47,48)33-23-18-29(19-24-33)32-22-27-42-40(28-32)35-12-8-9-17-41(35)49(42)34-25-20-31(21-26-34)44-38-15-6-4-13-36(38)43(30-10-2-1-3-11-30)37-14-5-7-16-39(37)44/h4-31H,1-3H3;4-29H,1-3H3;1-28H. The van der Waals surface area contributed by atoms with Crippen LogP contribution < -0.4 is 0 Å². The molecule has 27 rings (SSSR count). The first-order valence-electron chi connectivity index (χ1n) is 50.2. The zero-order valence-corrected chi connectivity index (χ0v) is 81.8. The van der Waals surface area contributed by atoms with Crippen LogP contribution in [-0.2, 0) is 11.6 Å². The number of para-hydroxylation sites is 3. The highest BCUT2D eigenvalue weighted by molar-refractivity contribution is 6.25. The van der Waals surface area contributed by atoms with Gasteiger partial charge in [-0.2, -0.15) is 13.2 Å². The molecule has 24 aromatic carbocycles. The van der Waals surface area contributed by atoms with Gasteiger partial charge in [0.25, 0.3) is 0 Å². The van der Waals surface area contributed by atoms with Crippen LogP contribution in [0.3, 0.4) is 0 Å². The van der Waals surface area contributed by atoms with E-state index >= 15 is 0 Å². The summed E-state index contributed by atoms with van der Waals surface area (Å²) in [5.41, 5.74) is 36.7. The Hall–Kier alpha value is -18.0. The molecule has 0 saturated carbocycles. The van der Waals surface area contributed by atoms with Crippen LogP contribution in [0.25, 0.3) is 247 Å². The summed E-state index contributed by atoms with van der Waals surface area (Å²) in [5.74, 6) is 0. The zero-order valence-electron chi connectivity index (χ0n) is 81.8. The van der Waals surface area contributed by atoms with Gasteiger partial charge in [-0.15, -0.1) is 0 Å². The van der Waals surface area contributed by atoms with E-state index in [4.69, 9.17) is 0 Å². The van der Waals surface area contributed by atoms with E-state index in [9.17, 15) is 13.2 Å². The number of hydrogen-bond acceptors (Lipinski definition) is 0. The van der Waals surface area contributed by atoms with Crippen LogP contribution >= 0.6 is 0 Å². The normalized spacial score (nSPS) is 11.9. The highest BCUT2D eigenvalue weighted by Gasteiger charge is 2.31. The van der Waals surface area contributed by atoms with Gasteiger partial charge in [0.1, 0.15) is 0 Å². The second kappa shape index (κ2) is 36.5. The smallest absolute Gasteiger partial charge is 0.309 e. The van der Waals surface area contributed by atoms with Crippen molar-refractivity contribution in [2.24, 2.45) is 0 Å². The Balaban J connectivity index is 0.000000114. The fourth-order valence-electron chi connectivity index (χ4n) is 23.3. The molecule has 3 nitrogen and oxygen atoms in total. The summed E-state index contributed by atoms with van der Waals surface area (Å²) in [6.45, 7) is 13.4. The minimum Gasteiger partial charge on any atom is -0.309 e. The van der Waals surface area contributed by atoms with Crippen LogP contribution in [0.5, 0.6) is 0 Å². The van der Waals surface area contributed by atoms with Gasteiger partial charge in [-0.3, -0.25) is 0 Å². The van der Waals surface area contributed by atoms with Crippen molar-refractivity contribution < 1.29 is 13.2 Å². The molecular weight excluding hydrogens is 1780 g/mol. The van der Waals surface area contributed by atoms with Gasteiger partial charge in [0.2, 0.25) is 0 Å². The van der Waals surface area contributed by atoms with Crippen molar-refractivity contribution in [3.05, 3.63) is 525 Å². The van der Waals surface area contributed by atoms with Crippen LogP contribution in [0.15, 0.2) is 497 Å². The maximum Gasteiger partial charge on any atom is 0.416 e. The topological polar surface area (TPSA) is 14.8 Å². The first-order valence-corrected chi connectivity index (χ1v) is 50.2. The Morgan fingerprint density at radius 3 is 0.610 bits per heavy atom. The van der Waals surface area contributed by atoms with Crippen molar-refractivity contribution in [1.29, 1.82) is 0 Å². The predicted octanol–water partition coefficient (Wildman–Crippen LogP) is 39.5. The fourth-order valence-corrected chi connectivity index (χ4v) is 23.3. The Kier molecular flexibility index (Phi) is 22.4. The molecule has 0 unspecified atom stereocenters. The molecule has 3 aromatic heterocycles. The van der Waals surface area contributed by atoms with Crippen LogP contribution in [0.1, 0.15) is 48.6 Å². The molecule has 3 heterocycles. The minimum atomic E-state index is -4.36. The number of rotatable bonds is 12. The molecule has 0 saturated heterocycles. The second-order valence-electron chi connectivity index (χ2n) is 39.7. The van der Waals surface area contributed by atoms with Crippen molar-refractivity contribution in [3.8, 4) is 117 Å². The lowest BCUT2D eigenvalue weighted by Crippen LogP contribution is -2.10. The zero-order chi connectivity index (χ0) is 98.6. The lowest BCUT2D eigenvalue weighted by molar-refractivity contribution is -0.137. The SMILES string of the molecule is CC(C)(C)c1ccc(-c2ccc3c(c2)c2ccccc2n3-c2ccc(-c3c4ccccc4c(-c4ccccc4)c4ccccc34)cc2)cc1.Cc1cc(C)c(-c2ccc3c(c2)c2ccccc2n3-c2ccc(-c3c4ccccc4c(-c4ccccc4)c4ccccc34)cc2)c(C)c1.FC(F)(F)c1ccc(-c2ccc3c(c2)c2ccccc2n3-c2ccc(-c3c4ccccc4c(-c4ccccc4)c4ccccc34)cc2)cc1. The fraction of sp³-hybridized carbons (Fsp3) is 0.0571. The van der Waals surface area contributed by atoms with Crippen molar-refractivity contribution in [3.63, 3.8) is 0 Å². The molecule has 6 heteroatoms. The van der Waals surface area contributed by atoms with Gasteiger partial charge in [-0.05, 0) is 311 Å². The number of alkyl halides is 3. The average Bonchev–Trinajstić information content (AvgIpc) is 1.66. The van der Waals surface area contributed by atoms with E-state index in [1.54, 1.807) is 12.1 Å². The maximum atomic E-state index is 13.2. The molecule has 0 aliphatic heterocycles. The van der Waals surface area contributed by atoms with E-state index < -0.39 is 11.7 Å². The molecule has 0 bridgehead atoms. The highest BCUT2D eigenvalue weighted by atomic mass is 19.4. The van der Waals surface area contributed by atoms with Crippen molar-refractivity contribution >= 4 is 130 Å². The van der Waals surface area contributed by atoms with Gasteiger partial charge in [0.15, 0.2) is 0 Å². The lowest BCUT2D eigenvalue weighted by atomic mass is 9.86. The summed E-state index contributed by atoms with van der Waals surface area (Å²) < 4.78 is 46.7. The molecule has 27 aromatic rings. The molecular formula is C140H100F3N3. The van der Waals surface area contributed by atoms with E-state index in [2.05, 4.69) is 510 Å². The number of hydrogen-bond donors (Lipinski definition) is 0. The molecule has 696 valence electrons. The summed E-state index contributed by atoms with van der Waals surface area (Å²) in [7, 11) is 0. The highest BCUT2D eigenvalue weighted by Crippen LogP contribution is 2.51. The summed E-state index contributed by atoms with van der Waals surface area (Å²) in [5, 5.41) is 22.3. The van der Waals surface area contributed by atoms with E-state index in [1.807, 2.05) is 18.2 Å². The number of aryl methyl sites for hydroxylation is 3. The Bertz CT molecular complexity index is 9220. The quantitative estimate of drug-likeness (QED) is 0.108. The van der Waals surface area contributed by atoms with Crippen LogP contribution in [0.4, 0.5) is 13.2 Å². The van der Waals surface area contributed by atoms with Crippen LogP contribution in [-0.4, -0.2) is 13.7 Å². The van der Waals surface area contributed by atoms with Gasteiger partial charge >= 0.3 is 6.18 Å². The minimum absolute atomic E-state index is 0.136. The Labute approximate surface area is 846 Å². The van der Waals surface area contributed by atoms with Gasteiger partial charge in [0.05, 0.1) is 38.7 Å². The molecule has 0 atom stereocenters. The van der Waals surface area contributed by atoms with Crippen molar-refractivity contribution in [2.75, 3.05) is 0 Å². The molecule has 0 amide bonds. The molecule has 0 fully saturated rings. The number of benzene rings is 24. The largest absolute Gasteiger partial charge is 0.416 e. The molecule has 0 aliphatic carbocycles. The molecule has 0 aliphatic rings. The predicted molar refractivity (Wildman–Crippen MR) is 614 cm³/mol. The van der Waals surface area contributed by atoms with Gasteiger partial charge < -0.3 is 13.7 Å². The number of halogens is 3. The van der Waals surface area contributed by atoms with E-state index in [0.717, 1.165) is 67.7 Å². The Morgan fingerprint density at radius 2 is 0.356 bits per heavy atom. The lowest BCUT2D eigenvalue weighted by Gasteiger charge is -2.19. The summed E-state index contributed by atoms with van der Waals surface area (Å²) in [6, 6.07) is 177. The molecule has 0 N–H and O–H groups in total. The molecule has 0 radical (unpaired) electrons. The first kappa shape index (κ1) is 89.4. The number of nitrogens with zero attached hydrogens (tertiary/aromatic N) is 3. The number of aromatic nitrogens is 3.